The summed E-state index contributed by atoms with van der Waals surface area (Å²) in [7, 11) is -3.45. The molecule has 0 radical (unpaired) electrons. The number of ketones is 1. The second kappa shape index (κ2) is 8.71. The Hall–Kier alpha value is -2.49. The SMILES string of the molecule is Cc1ccc(C(=O)CSc2nnc(-c3ccc(S(=O)(=O)N4CCCC4)cc3)o2)cc1. The molecule has 0 unspecified atom stereocenters. The van der Waals surface area contributed by atoms with Crippen molar-refractivity contribution < 1.29 is 17.6 Å². The maximum absolute atomic E-state index is 12.6. The molecule has 156 valence electrons. The fraction of sp³-hybridized carbons (Fsp3) is 0.286. The van der Waals surface area contributed by atoms with E-state index in [1.165, 1.54) is 16.1 Å². The number of hydrogen-bond acceptors (Lipinski definition) is 7. The number of thioether (sulfide) groups is 1. The van der Waals surface area contributed by atoms with Crippen molar-refractivity contribution in [1.29, 1.82) is 0 Å². The van der Waals surface area contributed by atoms with Gasteiger partial charge in [-0.05, 0) is 44.0 Å². The molecule has 1 fully saturated rings. The Morgan fingerprint density at radius 1 is 1.03 bits per heavy atom. The van der Waals surface area contributed by atoms with Crippen LogP contribution in [-0.4, -0.2) is 47.5 Å². The van der Waals surface area contributed by atoms with E-state index in [0.717, 1.165) is 18.4 Å². The van der Waals surface area contributed by atoms with E-state index in [0.29, 0.717) is 29.4 Å². The van der Waals surface area contributed by atoms with E-state index in [1.54, 1.807) is 36.4 Å². The van der Waals surface area contributed by atoms with Gasteiger partial charge in [-0.15, -0.1) is 10.2 Å². The molecule has 2 heterocycles. The predicted molar refractivity (Wildman–Crippen MR) is 114 cm³/mol. The van der Waals surface area contributed by atoms with Crippen LogP contribution in [0, 0.1) is 6.92 Å². The number of benzene rings is 2. The summed E-state index contributed by atoms with van der Waals surface area (Å²) in [5.41, 5.74) is 2.36. The molecule has 0 N–H and O–H groups in total. The zero-order valence-corrected chi connectivity index (χ0v) is 18.1. The molecule has 30 heavy (non-hydrogen) atoms. The summed E-state index contributed by atoms with van der Waals surface area (Å²) < 4.78 is 32.4. The molecular weight excluding hydrogens is 422 g/mol. The van der Waals surface area contributed by atoms with Crippen LogP contribution in [0.1, 0.15) is 28.8 Å². The molecule has 2 aromatic carbocycles. The Bertz CT molecular complexity index is 1130. The number of carbonyl (C=O) groups excluding carboxylic acids is 1. The Labute approximate surface area is 179 Å². The zero-order chi connectivity index (χ0) is 21.1. The van der Waals surface area contributed by atoms with E-state index < -0.39 is 10.0 Å². The molecule has 0 saturated carbocycles. The topological polar surface area (TPSA) is 93.4 Å². The van der Waals surface area contributed by atoms with Gasteiger partial charge < -0.3 is 4.42 Å². The highest BCUT2D eigenvalue weighted by molar-refractivity contribution is 7.99. The second-order valence-electron chi connectivity index (χ2n) is 7.09. The summed E-state index contributed by atoms with van der Waals surface area (Å²) in [6, 6.07) is 13.8. The molecule has 0 aliphatic carbocycles. The highest BCUT2D eigenvalue weighted by Crippen LogP contribution is 2.26. The number of carbonyl (C=O) groups is 1. The monoisotopic (exact) mass is 443 g/mol. The normalized spacial score (nSPS) is 14.8. The number of aromatic nitrogens is 2. The van der Waals surface area contributed by atoms with Crippen molar-refractivity contribution in [1.82, 2.24) is 14.5 Å². The molecule has 1 aliphatic heterocycles. The lowest BCUT2D eigenvalue weighted by Crippen LogP contribution is -2.27. The highest BCUT2D eigenvalue weighted by atomic mass is 32.2. The molecule has 0 atom stereocenters. The van der Waals surface area contributed by atoms with Crippen molar-refractivity contribution >= 4 is 27.6 Å². The van der Waals surface area contributed by atoms with E-state index in [4.69, 9.17) is 4.42 Å². The van der Waals surface area contributed by atoms with Gasteiger partial charge in [-0.1, -0.05) is 41.6 Å². The fourth-order valence-corrected chi connectivity index (χ4v) is 5.36. The Kier molecular flexibility index (Phi) is 6.03. The van der Waals surface area contributed by atoms with Gasteiger partial charge in [-0.25, -0.2) is 8.42 Å². The number of sulfonamides is 1. The Morgan fingerprint density at radius 3 is 2.37 bits per heavy atom. The van der Waals surface area contributed by atoms with Crippen LogP contribution in [0.3, 0.4) is 0 Å². The number of hydrogen-bond donors (Lipinski definition) is 0. The largest absolute Gasteiger partial charge is 0.411 e. The lowest BCUT2D eigenvalue weighted by molar-refractivity contribution is 0.102. The summed E-state index contributed by atoms with van der Waals surface area (Å²) in [6.45, 7) is 3.10. The average molecular weight is 444 g/mol. The second-order valence-corrected chi connectivity index (χ2v) is 9.95. The van der Waals surface area contributed by atoms with Crippen molar-refractivity contribution in [3.63, 3.8) is 0 Å². The van der Waals surface area contributed by atoms with Gasteiger partial charge in [-0.3, -0.25) is 4.79 Å². The van der Waals surface area contributed by atoms with Crippen LogP contribution in [0.5, 0.6) is 0 Å². The van der Waals surface area contributed by atoms with Crippen LogP contribution >= 0.6 is 11.8 Å². The first-order valence-electron chi connectivity index (χ1n) is 9.60. The number of nitrogens with zero attached hydrogens (tertiary/aromatic N) is 3. The highest BCUT2D eigenvalue weighted by Gasteiger charge is 2.27. The lowest BCUT2D eigenvalue weighted by Gasteiger charge is -2.15. The Morgan fingerprint density at radius 2 is 1.70 bits per heavy atom. The third-order valence-electron chi connectivity index (χ3n) is 4.91. The molecule has 0 spiro atoms. The number of rotatable bonds is 7. The third-order valence-corrected chi connectivity index (χ3v) is 7.64. The molecule has 3 aromatic rings. The van der Waals surface area contributed by atoms with E-state index in [2.05, 4.69) is 10.2 Å². The predicted octanol–water partition coefficient (Wildman–Crippen LogP) is 3.80. The fourth-order valence-electron chi connectivity index (χ4n) is 3.18. The maximum atomic E-state index is 12.6. The first-order valence-corrected chi connectivity index (χ1v) is 12.0. The van der Waals surface area contributed by atoms with Crippen molar-refractivity contribution in [2.24, 2.45) is 0 Å². The molecule has 1 aliphatic rings. The van der Waals surface area contributed by atoms with Crippen LogP contribution in [0.25, 0.3) is 11.5 Å². The van der Waals surface area contributed by atoms with Crippen LogP contribution < -0.4 is 0 Å². The van der Waals surface area contributed by atoms with Gasteiger partial charge in [0.25, 0.3) is 5.22 Å². The summed E-state index contributed by atoms with van der Waals surface area (Å²) in [6.07, 6.45) is 1.79. The third kappa shape index (κ3) is 4.48. The van der Waals surface area contributed by atoms with Crippen LogP contribution in [0.2, 0.25) is 0 Å². The van der Waals surface area contributed by atoms with Crippen LogP contribution in [0.4, 0.5) is 0 Å². The van der Waals surface area contributed by atoms with Gasteiger partial charge in [0.2, 0.25) is 15.9 Å². The lowest BCUT2D eigenvalue weighted by atomic mass is 10.1. The minimum absolute atomic E-state index is 0.0174. The average Bonchev–Trinajstić information content (AvgIpc) is 3.45. The minimum atomic E-state index is -3.45. The van der Waals surface area contributed by atoms with Crippen molar-refractivity contribution in [3.05, 3.63) is 59.7 Å². The van der Waals surface area contributed by atoms with Crippen LogP contribution in [-0.2, 0) is 10.0 Å². The molecule has 9 heteroatoms. The summed E-state index contributed by atoms with van der Waals surface area (Å²) in [5, 5.41) is 8.27. The molecule has 1 aromatic heterocycles. The number of aryl methyl sites for hydroxylation is 1. The van der Waals surface area contributed by atoms with Gasteiger partial charge in [0.05, 0.1) is 10.6 Å². The van der Waals surface area contributed by atoms with E-state index >= 15 is 0 Å². The van der Waals surface area contributed by atoms with Gasteiger partial charge in [0.15, 0.2) is 5.78 Å². The van der Waals surface area contributed by atoms with E-state index in [9.17, 15) is 13.2 Å². The van der Waals surface area contributed by atoms with E-state index in [-0.39, 0.29) is 22.3 Å². The zero-order valence-electron chi connectivity index (χ0n) is 16.4. The Balaban J connectivity index is 1.41. The standard InChI is InChI=1S/C21H21N3O4S2/c1-15-4-6-16(7-5-15)19(25)14-29-21-23-22-20(28-21)17-8-10-18(11-9-17)30(26,27)24-12-2-3-13-24/h4-11H,2-3,12-14H2,1H3. The van der Waals surface area contributed by atoms with Gasteiger partial charge in [-0.2, -0.15) is 4.31 Å². The van der Waals surface area contributed by atoms with Gasteiger partial charge >= 0.3 is 0 Å². The molecule has 0 amide bonds. The molecule has 0 bridgehead atoms. The summed E-state index contributed by atoms with van der Waals surface area (Å²) >= 11 is 1.17. The minimum Gasteiger partial charge on any atom is -0.411 e. The molecule has 1 saturated heterocycles. The summed E-state index contributed by atoms with van der Waals surface area (Å²) in [4.78, 5) is 12.5. The first-order chi connectivity index (χ1) is 14.4. The first kappa shape index (κ1) is 20.8. The molecule has 7 nitrogen and oxygen atoms in total. The van der Waals surface area contributed by atoms with E-state index in [1.807, 2.05) is 19.1 Å². The number of Topliss-reactive ketones (excluding diaryl/α,β-unsaturated/α-hetero) is 1. The van der Waals surface area contributed by atoms with Crippen LogP contribution in [0.15, 0.2) is 63.1 Å². The van der Waals surface area contributed by atoms with Gasteiger partial charge in [0.1, 0.15) is 0 Å². The van der Waals surface area contributed by atoms with Crippen molar-refractivity contribution in [3.8, 4) is 11.5 Å². The summed E-state index contributed by atoms with van der Waals surface area (Å²) in [5.74, 6) is 0.458. The molecular formula is C21H21N3O4S2. The van der Waals surface area contributed by atoms with Gasteiger partial charge in [0, 0.05) is 24.2 Å². The molecule has 4 rings (SSSR count). The maximum Gasteiger partial charge on any atom is 0.277 e. The van der Waals surface area contributed by atoms with Crippen molar-refractivity contribution in [2.45, 2.75) is 29.9 Å². The smallest absolute Gasteiger partial charge is 0.277 e. The quantitative estimate of drug-likeness (QED) is 0.405. The van der Waals surface area contributed by atoms with Crippen molar-refractivity contribution in [2.75, 3.05) is 18.8 Å².